The van der Waals surface area contributed by atoms with Crippen molar-refractivity contribution < 1.29 is 4.84 Å². The molecule has 0 amide bonds. The van der Waals surface area contributed by atoms with Crippen LogP contribution in [0.25, 0.3) is 11.2 Å². The van der Waals surface area contributed by atoms with E-state index in [9.17, 15) is 9.59 Å². The third-order valence-corrected chi connectivity index (χ3v) is 5.03. The summed E-state index contributed by atoms with van der Waals surface area (Å²) in [6, 6.07) is 7.76. The Labute approximate surface area is 156 Å². The van der Waals surface area contributed by atoms with Crippen LogP contribution in [0, 0.1) is 0 Å². The van der Waals surface area contributed by atoms with Crippen LogP contribution in [0.3, 0.4) is 0 Å². The van der Waals surface area contributed by atoms with Crippen LogP contribution in [0.15, 0.2) is 49.8 Å². The van der Waals surface area contributed by atoms with Gasteiger partial charge in [0.1, 0.15) is 0 Å². The molecule has 26 heavy (non-hydrogen) atoms. The van der Waals surface area contributed by atoms with Crippen LogP contribution in [0.4, 0.5) is 0 Å². The molecule has 2 aromatic heterocycles. The van der Waals surface area contributed by atoms with Crippen LogP contribution in [0.1, 0.15) is 12.0 Å². The molecule has 1 unspecified atom stereocenters. The van der Waals surface area contributed by atoms with Gasteiger partial charge in [0.25, 0.3) is 5.56 Å². The van der Waals surface area contributed by atoms with Gasteiger partial charge in [0, 0.05) is 25.0 Å². The average molecular weight is 418 g/mol. The van der Waals surface area contributed by atoms with E-state index >= 15 is 0 Å². The molecule has 0 N–H and O–H groups in total. The fourth-order valence-corrected chi connectivity index (χ4v) is 3.36. The lowest BCUT2D eigenvalue weighted by molar-refractivity contribution is 0.0706. The number of nitrogens with zero attached hydrogens (tertiary/aromatic N) is 5. The van der Waals surface area contributed by atoms with E-state index in [-0.39, 0.29) is 18.2 Å². The average Bonchev–Trinajstić information content (AvgIpc) is 3.24. The first-order valence-electron chi connectivity index (χ1n) is 8.05. The smallest absolute Gasteiger partial charge is 0.332 e. The third kappa shape index (κ3) is 2.68. The van der Waals surface area contributed by atoms with Crippen LogP contribution in [-0.4, -0.2) is 30.5 Å². The van der Waals surface area contributed by atoms with E-state index in [1.165, 1.54) is 15.5 Å². The van der Waals surface area contributed by atoms with Crippen molar-refractivity contribution >= 4 is 32.8 Å². The van der Waals surface area contributed by atoms with Gasteiger partial charge in [-0.05, 0) is 17.7 Å². The zero-order valence-electron chi connectivity index (χ0n) is 14.2. The Hall–Kier alpha value is -2.68. The Morgan fingerprint density at radius 1 is 1.23 bits per heavy atom. The molecule has 0 radical (unpaired) electrons. The van der Waals surface area contributed by atoms with Crippen molar-refractivity contribution in [3.8, 4) is 0 Å². The van der Waals surface area contributed by atoms with E-state index < -0.39 is 5.69 Å². The van der Waals surface area contributed by atoms with Crippen LogP contribution in [-0.2, 0) is 25.5 Å². The molecule has 8 nitrogen and oxygen atoms in total. The molecular weight excluding hydrogens is 402 g/mol. The molecule has 1 aliphatic rings. The number of benzene rings is 1. The molecule has 1 atom stereocenters. The van der Waals surface area contributed by atoms with Crippen molar-refractivity contribution in [3.63, 3.8) is 0 Å². The van der Waals surface area contributed by atoms with Crippen molar-refractivity contribution in [1.82, 2.24) is 18.7 Å². The Kier molecular flexibility index (Phi) is 4.03. The van der Waals surface area contributed by atoms with Crippen LogP contribution >= 0.6 is 15.9 Å². The van der Waals surface area contributed by atoms with E-state index in [2.05, 4.69) is 26.1 Å². The number of halogens is 1. The van der Waals surface area contributed by atoms with E-state index in [1.807, 2.05) is 24.3 Å². The van der Waals surface area contributed by atoms with Gasteiger partial charge in [-0.3, -0.25) is 13.9 Å². The highest BCUT2D eigenvalue weighted by Crippen LogP contribution is 2.19. The van der Waals surface area contributed by atoms with Gasteiger partial charge in [0.05, 0.1) is 18.6 Å². The van der Waals surface area contributed by atoms with Gasteiger partial charge in [-0.15, -0.1) is 0 Å². The lowest BCUT2D eigenvalue weighted by Crippen LogP contribution is -2.42. The molecular formula is C17H16BrN5O3. The fourth-order valence-electron chi connectivity index (χ4n) is 3.10. The molecule has 3 heterocycles. The van der Waals surface area contributed by atoms with Crippen molar-refractivity contribution in [1.29, 1.82) is 0 Å². The van der Waals surface area contributed by atoms with Crippen molar-refractivity contribution in [2.45, 2.75) is 19.1 Å². The second-order valence-electron chi connectivity index (χ2n) is 6.26. The minimum atomic E-state index is -0.415. The summed E-state index contributed by atoms with van der Waals surface area (Å²) in [5.74, 6) is 0. The Bertz CT molecular complexity index is 1140. The second-order valence-corrected chi connectivity index (χ2v) is 7.18. The van der Waals surface area contributed by atoms with Crippen molar-refractivity contribution in [3.05, 3.63) is 61.5 Å². The number of oxime groups is 1. The second kappa shape index (κ2) is 6.24. The maximum atomic E-state index is 12.8. The predicted octanol–water partition coefficient (Wildman–Crippen LogP) is 1.39. The van der Waals surface area contributed by atoms with Crippen molar-refractivity contribution in [2.24, 2.45) is 19.3 Å². The van der Waals surface area contributed by atoms with Crippen molar-refractivity contribution in [2.75, 3.05) is 0 Å². The molecule has 0 bridgehead atoms. The molecule has 0 spiro atoms. The number of imidazole rings is 1. The summed E-state index contributed by atoms with van der Waals surface area (Å²) in [6.45, 7) is 0.135. The molecule has 3 aromatic rings. The van der Waals surface area contributed by atoms with Crippen LogP contribution in [0.2, 0.25) is 0 Å². The summed E-state index contributed by atoms with van der Waals surface area (Å²) >= 11 is 3.40. The van der Waals surface area contributed by atoms with Gasteiger partial charge in [-0.25, -0.2) is 9.78 Å². The monoisotopic (exact) mass is 417 g/mol. The molecule has 4 rings (SSSR count). The fraction of sp³-hybridized carbons (Fsp3) is 0.294. The first-order chi connectivity index (χ1) is 12.5. The molecule has 0 aliphatic carbocycles. The highest BCUT2D eigenvalue weighted by atomic mass is 79.9. The molecule has 9 heteroatoms. The number of rotatable bonds is 3. The van der Waals surface area contributed by atoms with Gasteiger partial charge in [-0.1, -0.05) is 33.2 Å². The molecule has 0 fully saturated rings. The van der Waals surface area contributed by atoms with E-state index in [0.29, 0.717) is 17.6 Å². The Morgan fingerprint density at radius 3 is 2.69 bits per heavy atom. The first kappa shape index (κ1) is 16.8. The quantitative estimate of drug-likeness (QED) is 0.644. The number of aromatic nitrogens is 4. The van der Waals surface area contributed by atoms with Gasteiger partial charge in [0.2, 0.25) is 0 Å². The molecule has 0 saturated carbocycles. The van der Waals surface area contributed by atoms with E-state index in [1.54, 1.807) is 18.7 Å². The minimum absolute atomic E-state index is 0.135. The lowest BCUT2D eigenvalue weighted by atomic mass is 10.1. The Balaban J connectivity index is 1.63. The van der Waals surface area contributed by atoms with Gasteiger partial charge in [0.15, 0.2) is 17.3 Å². The van der Waals surface area contributed by atoms with E-state index in [0.717, 1.165) is 15.7 Å². The highest BCUT2D eigenvalue weighted by Gasteiger charge is 2.25. The number of hydrogen-bond acceptors (Lipinski definition) is 5. The zero-order valence-corrected chi connectivity index (χ0v) is 15.8. The number of aryl methyl sites for hydroxylation is 2. The van der Waals surface area contributed by atoms with E-state index in [4.69, 9.17) is 4.84 Å². The highest BCUT2D eigenvalue weighted by molar-refractivity contribution is 9.10. The standard InChI is InChI=1S/C17H16BrN5O3/c1-21-9-19-15-14(21)16(24)23(17(25)22(15)2)8-12-7-13(20-26-12)10-3-5-11(18)6-4-10/h3-6,9,12H,7-8H2,1-2H3. The van der Waals surface area contributed by atoms with Crippen LogP contribution < -0.4 is 11.2 Å². The number of fused-ring (bicyclic) bond motifs is 1. The van der Waals surface area contributed by atoms with Gasteiger partial charge in [-0.2, -0.15) is 0 Å². The molecule has 1 aliphatic heterocycles. The first-order valence-corrected chi connectivity index (χ1v) is 8.84. The molecule has 0 saturated heterocycles. The summed E-state index contributed by atoms with van der Waals surface area (Å²) in [5, 5.41) is 4.12. The normalized spacial score (nSPS) is 16.7. The molecule has 134 valence electrons. The topological polar surface area (TPSA) is 83.4 Å². The van der Waals surface area contributed by atoms with Gasteiger partial charge >= 0.3 is 5.69 Å². The van der Waals surface area contributed by atoms with Crippen LogP contribution in [0.5, 0.6) is 0 Å². The summed E-state index contributed by atoms with van der Waals surface area (Å²) in [5.41, 5.74) is 1.73. The maximum Gasteiger partial charge on any atom is 0.332 e. The Morgan fingerprint density at radius 2 is 1.96 bits per heavy atom. The summed E-state index contributed by atoms with van der Waals surface area (Å²) in [7, 11) is 3.33. The lowest BCUT2D eigenvalue weighted by Gasteiger charge is -2.12. The number of hydrogen-bond donors (Lipinski definition) is 0. The van der Waals surface area contributed by atoms with Gasteiger partial charge < -0.3 is 9.40 Å². The zero-order chi connectivity index (χ0) is 18.4. The maximum absolute atomic E-state index is 12.8. The summed E-state index contributed by atoms with van der Waals surface area (Å²) < 4.78 is 5.17. The summed E-state index contributed by atoms with van der Waals surface area (Å²) in [4.78, 5) is 34.9. The molecule has 1 aromatic carbocycles. The summed E-state index contributed by atoms with van der Waals surface area (Å²) in [6.07, 6.45) is 1.68. The largest absolute Gasteiger partial charge is 0.390 e. The SMILES string of the molecule is Cn1cnc2c1c(=O)n(CC1CC(c3ccc(Br)cc3)=NO1)c(=O)n2C. The third-order valence-electron chi connectivity index (χ3n) is 4.50. The minimum Gasteiger partial charge on any atom is -0.390 e. The predicted molar refractivity (Wildman–Crippen MR) is 100 cm³/mol.